The number of esters is 1. The van der Waals surface area contributed by atoms with E-state index in [0.29, 0.717) is 5.52 Å². The molecule has 2 aromatic carbocycles. The van der Waals surface area contributed by atoms with E-state index in [4.69, 9.17) is 4.74 Å². The van der Waals surface area contributed by atoms with Crippen molar-refractivity contribution >= 4 is 44.6 Å². The Kier molecular flexibility index (Phi) is 5.69. The average Bonchev–Trinajstić information content (AvgIpc) is 3.09. The molecule has 7 heteroatoms. The molecule has 0 aliphatic carbocycles. The second-order valence-electron chi connectivity index (χ2n) is 5.53. The number of imidazole rings is 1. The number of benzene rings is 2. The van der Waals surface area contributed by atoms with Crippen LogP contribution in [0.1, 0.15) is 11.4 Å². The van der Waals surface area contributed by atoms with Crippen molar-refractivity contribution in [3.63, 3.8) is 0 Å². The van der Waals surface area contributed by atoms with E-state index in [0.717, 1.165) is 15.6 Å². The molecule has 27 heavy (non-hydrogen) atoms. The van der Waals surface area contributed by atoms with Crippen LogP contribution in [0.15, 0.2) is 64.8 Å². The van der Waals surface area contributed by atoms with E-state index in [2.05, 4.69) is 25.9 Å². The van der Waals surface area contributed by atoms with Gasteiger partial charge in [0, 0.05) is 10.5 Å². The van der Waals surface area contributed by atoms with Crippen LogP contribution in [0.5, 0.6) is 0 Å². The summed E-state index contributed by atoms with van der Waals surface area (Å²) in [5.41, 5.74) is 2.15. The Bertz CT molecular complexity index is 1060. The number of nitrogens with zero attached hydrogens (tertiary/aromatic N) is 2. The number of carbonyl (C=O) groups excluding carboxylic acids is 1. The molecule has 134 valence electrons. The van der Waals surface area contributed by atoms with E-state index in [-0.39, 0.29) is 17.2 Å². The molecule has 0 atom stereocenters. The van der Waals surface area contributed by atoms with Crippen LogP contribution >= 0.6 is 15.9 Å². The molecule has 0 fully saturated rings. The number of aliphatic hydroxyl groups excluding tert-OH is 1. The summed E-state index contributed by atoms with van der Waals surface area (Å²) in [7, 11) is 0. The van der Waals surface area contributed by atoms with Crippen molar-refractivity contribution in [3.8, 4) is 6.07 Å². The maximum atomic E-state index is 11.8. The van der Waals surface area contributed by atoms with Gasteiger partial charge in [-0.25, -0.2) is 9.78 Å². The molecule has 0 saturated heterocycles. The fourth-order valence-electron chi connectivity index (χ4n) is 2.36. The molecule has 0 radical (unpaired) electrons. The Balaban J connectivity index is 1.69. The number of allylic oxidation sites excluding steroid dienone is 1. The normalized spacial score (nSPS) is 12.0. The predicted octanol–water partition coefficient (Wildman–Crippen LogP) is 4.37. The van der Waals surface area contributed by atoms with Crippen molar-refractivity contribution in [1.82, 2.24) is 9.97 Å². The maximum Gasteiger partial charge on any atom is 0.331 e. The lowest BCUT2D eigenvalue weighted by atomic mass is 10.2. The number of nitrogens with one attached hydrogen (secondary N) is 1. The number of hydrogen-bond acceptors (Lipinski definition) is 5. The van der Waals surface area contributed by atoms with Crippen LogP contribution in [0.4, 0.5) is 0 Å². The first-order chi connectivity index (χ1) is 13.1. The summed E-state index contributed by atoms with van der Waals surface area (Å²) in [5, 5.41) is 19.5. The zero-order valence-electron chi connectivity index (χ0n) is 14.0. The topological polar surface area (TPSA) is 99.0 Å². The molecule has 1 heterocycles. The van der Waals surface area contributed by atoms with Gasteiger partial charge in [0.25, 0.3) is 0 Å². The highest BCUT2D eigenvalue weighted by Crippen LogP contribution is 2.19. The molecule has 0 bridgehead atoms. The molecule has 1 aromatic heterocycles. The lowest BCUT2D eigenvalue weighted by molar-refractivity contribution is -0.137. The van der Waals surface area contributed by atoms with Gasteiger partial charge in [0.05, 0.1) is 11.0 Å². The second kappa shape index (κ2) is 8.34. The van der Waals surface area contributed by atoms with Crippen LogP contribution in [-0.2, 0) is 9.53 Å². The summed E-state index contributed by atoms with van der Waals surface area (Å²) in [4.78, 5) is 19.1. The third-order valence-corrected chi connectivity index (χ3v) is 4.13. The van der Waals surface area contributed by atoms with Gasteiger partial charge in [-0.1, -0.05) is 40.2 Å². The largest absolute Gasteiger partial charge is 0.507 e. The number of para-hydroxylation sites is 2. The third-order valence-electron chi connectivity index (χ3n) is 3.64. The Morgan fingerprint density at radius 3 is 2.85 bits per heavy atom. The van der Waals surface area contributed by atoms with Crippen LogP contribution in [0.2, 0.25) is 0 Å². The number of aromatic amines is 1. The molecule has 0 aliphatic rings. The number of aliphatic hydroxyl groups is 1. The Morgan fingerprint density at radius 2 is 2.11 bits per heavy atom. The number of halogens is 1. The molecular weight excluding hydrogens is 410 g/mol. The molecule has 0 spiro atoms. The molecular formula is C20H14BrN3O3. The highest BCUT2D eigenvalue weighted by atomic mass is 79.9. The smallest absolute Gasteiger partial charge is 0.331 e. The number of nitriles is 1. The van der Waals surface area contributed by atoms with Crippen molar-refractivity contribution in [1.29, 1.82) is 5.26 Å². The van der Waals surface area contributed by atoms with E-state index in [9.17, 15) is 15.2 Å². The number of rotatable bonds is 5. The molecule has 0 saturated carbocycles. The summed E-state index contributed by atoms with van der Waals surface area (Å²) in [5.74, 6) is -0.791. The van der Waals surface area contributed by atoms with Gasteiger partial charge in [-0.05, 0) is 35.9 Å². The van der Waals surface area contributed by atoms with Crippen molar-refractivity contribution in [2.75, 3.05) is 6.61 Å². The first-order valence-corrected chi connectivity index (χ1v) is 8.74. The quantitative estimate of drug-likeness (QED) is 0.274. The monoisotopic (exact) mass is 423 g/mol. The fourth-order valence-corrected chi connectivity index (χ4v) is 2.78. The summed E-state index contributed by atoms with van der Waals surface area (Å²) >= 11 is 3.35. The van der Waals surface area contributed by atoms with Gasteiger partial charge in [0.15, 0.2) is 11.6 Å². The summed E-state index contributed by atoms with van der Waals surface area (Å²) in [6, 6.07) is 16.5. The van der Waals surface area contributed by atoms with Crippen LogP contribution in [0, 0.1) is 11.3 Å². The zero-order chi connectivity index (χ0) is 19.2. The van der Waals surface area contributed by atoms with E-state index < -0.39 is 12.6 Å². The SMILES string of the molecule is N#C/C(=C(/O)COC(=O)/C=C/c1cccc(Br)c1)c1nc2ccccc2[nH]1. The highest BCUT2D eigenvalue weighted by Gasteiger charge is 2.14. The van der Waals surface area contributed by atoms with E-state index in [1.54, 1.807) is 12.1 Å². The maximum absolute atomic E-state index is 11.8. The average molecular weight is 424 g/mol. The fraction of sp³-hybridized carbons (Fsp3) is 0.0500. The molecule has 3 aromatic rings. The third kappa shape index (κ3) is 4.63. The molecule has 6 nitrogen and oxygen atoms in total. The minimum Gasteiger partial charge on any atom is -0.507 e. The lowest BCUT2D eigenvalue weighted by Gasteiger charge is -2.03. The van der Waals surface area contributed by atoms with Crippen molar-refractivity contribution in [2.45, 2.75) is 0 Å². The Labute approximate surface area is 163 Å². The van der Waals surface area contributed by atoms with Crippen molar-refractivity contribution in [3.05, 3.63) is 76.2 Å². The van der Waals surface area contributed by atoms with Gasteiger partial charge < -0.3 is 14.8 Å². The van der Waals surface area contributed by atoms with Gasteiger partial charge >= 0.3 is 5.97 Å². The van der Waals surface area contributed by atoms with Gasteiger partial charge in [-0.15, -0.1) is 0 Å². The van der Waals surface area contributed by atoms with Crippen LogP contribution in [0.25, 0.3) is 22.7 Å². The first kappa shape index (κ1) is 18.4. The van der Waals surface area contributed by atoms with Crippen LogP contribution in [0.3, 0.4) is 0 Å². The van der Waals surface area contributed by atoms with E-state index in [1.165, 1.54) is 6.08 Å². The van der Waals surface area contributed by atoms with Crippen LogP contribution < -0.4 is 0 Å². The van der Waals surface area contributed by atoms with E-state index in [1.807, 2.05) is 48.5 Å². The van der Waals surface area contributed by atoms with Crippen molar-refractivity contribution < 1.29 is 14.6 Å². The highest BCUT2D eigenvalue weighted by molar-refractivity contribution is 9.10. The summed E-state index contributed by atoms with van der Waals surface area (Å²) in [6.45, 7) is -0.429. The van der Waals surface area contributed by atoms with Crippen LogP contribution in [-0.4, -0.2) is 27.7 Å². The minimum absolute atomic E-state index is 0.0741. The number of aromatic nitrogens is 2. The first-order valence-electron chi connectivity index (χ1n) is 7.94. The zero-order valence-corrected chi connectivity index (χ0v) is 15.6. The number of ether oxygens (including phenoxy) is 1. The van der Waals surface area contributed by atoms with E-state index >= 15 is 0 Å². The van der Waals surface area contributed by atoms with Gasteiger partial charge in [-0.2, -0.15) is 5.26 Å². The number of H-pyrrole nitrogens is 1. The molecule has 0 aliphatic heterocycles. The number of carbonyl (C=O) groups is 1. The van der Waals surface area contributed by atoms with Gasteiger partial charge in [0.2, 0.25) is 0 Å². The molecule has 2 N–H and O–H groups in total. The summed E-state index contributed by atoms with van der Waals surface area (Å²) in [6.07, 6.45) is 2.85. The predicted molar refractivity (Wildman–Crippen MR) is 105 cm³/mol. The lowest BCUT2D eigenvalue weighted by Crippen LogP contribution is -2.06. The molecule has 0 amide bonds. The number of hydrogen-bond donors (Lipinski definition) is 2. The Morgan fingerprint density at radius 1 is 1.30 bits per heavy atom. The second-order valence-corrected chi connectivity index (χ2v) is 6.45. The standard InChI is InChI=1S/C20H14BrN3O3/c21-14-5-3-4-13(10-14)8-9-19(26)27-12-18(25)15(11-22)20-23-16-6-1-2-7-17(16)24-20/h1-10,25H,12H2,(H,23,24)/b9-8+,18-15-. The molecule has 0 unspecified atom stereocenters. The summed E-state index contributed by atoms with van der Waals surface area (Å²) < 4.78 is 5.89. The minimum atomic E-state index is -0.636. The van der Waals surface area contributed by atoms with Crippen molar-refractivity contribution in [2.24, 2.45) is 0 Å². The van der Waals surface area contributed by atoms with Gasteiger partial charge in [-0.3, -0.25) is 0 Å². The Hall–Kier alpha value is -3.37. The van der Waals surface area contributed by atoms with Gasteiger partial charge in [0.1, 0.15) is 18.2 Å². The molecule has 3 rings (SSSR count). The number of fused-ring (bicyclic) bond motifs is 1.